The van der Waals surface area contributed by atoms with Crippen LogP contribution in [0.4, 0.5) is 0 Å². The van der Waals surface area contributed by atoms with E-state index in [0.29, 0.717) is 5.15 Å². The molecular weight excluding hydrogens is 306 g/mol. The van der Waals surface area contributed by atoms with E-state index < -0.39 is 0 Å². The van der Waals surface area contributed by atoms with Gasteiger partial charge < -0.3 is 0 Å². The second kappa shape index (κ2) is 5.71. The SMILES string of the molecule is Clc1cccc(CSc2ccc(Br)cc2)n1. The Morgan fingerprint density at radius 1 is 1.12 bits per heavy atom. The minimum atomic E-state index is 0.550. The van der Waals surface area contributed by atoms with Gasteiger partial charge in [-0.1, -0.05) is 33.6 Å². The zero-order valence-corrected chi connectivity index (χ0v) is 11.5. The summed E-state index contributed by atoms with van der Waals surface area (Å²) in [4.78, 5) is 5.47. The Bertz CT molecular complexity index is 473. The van der Waals surface area contributed by atoms with Crippen LogP contribution >= 0.6 is 39.3 Å². The second-order valence-corrected chi connectivity index (χ2v) is 5.55. The van der Waals surface area contributed by atoms with E-state index in [9.17, 15) is 0 Å². The lowest BCUT2D eigenvalue weighted by atomic mass is 10.4. The Labute approximate surface area is 112 Å². The van der Waals surface area contributed by atoms with Crippen molar-refractivity contribution in [3.05, 3.63) is 57.8 Å². The molecule has 82 valence electrons. The van der Waals surface area contributed by atoms with Crippen LogP contribution in [0.25, 0.3) is 0 Å². The molecule has 0 saturated heterocycles. The van der Waals surface area contributed by atoms with Crippen LogP contribution in [0.3, 0.4) is 0 Å². The molecule has 0 saturated carbocycles. The van der Waals surface area contributed by atoms with Gasteiger partial charge in [0.2, 0.25) is 0 Å². The van der Waals surface area contributed by atoms with Crippen LogP contribution in [-0.2, 0) is 5.75 Å². The first-order valence-electron chi connectivity index (χ1n) is 4.74. The number of pyridine rings is 1. The summed E-state index contributed by atoms with van der Waals surface area (Å²) in [7, 11) is 0. The molecule has 1 nitrogen and oxygen atoms in total. The van der Waals surface area contributed by atoms with Crippen LogP contribution < -0.4 is 0 Å². The molecule has 0 aliphatic heterocycles. The molecule has 0 spiro atoms. The summed E-state index contributed by atoms with van der Waals surface area (Å²) in [5.74, 6) is 0.836. The van der Waals surface area contributed by atoms with E-state index in [1.54, 1.807) is 17.8 Å². The Morgan fingerprint density at radius 3 is 2.56 bits per heavy atom. The average Bonchev–Trinajstić information content (AvgIpc) is 2.28. The van der Waals surface area contributed by atoms with Gasteiger partial charge in [-0.2, -0.15) is 0 Å². The van der Waals surface area contributed by atoms with E-state index in [4.69, 9.17) is 11.6 Å². The van der Waals surface area contributed by atoms with Crippen LogP contribution in [0, 0.1) is 0 Å². The summed E-state index contributed by atoms with van der Waals surface area (Å²) in [6.45, 7) is 0. The van der Waals surface area contributed by atoms with Crippen molar-refractivity contribution >= 4 is 39.3 Å². The maximum Gasteiger partial charge on any atom is 0.129 e. The molecule has 0 aliphatic carbocycles. The van der Waals surface area contributed by atoms with E-state index in [0.717, 1.165) is 15.9 Å². The van der Waals surface area contributed by atoms with E-state index in [-0.39, 0.29) is 0 Å². The lowest BCUT2D eigenvalue weighted by molar-refractivity contribution is 1.17. The van der Waals surface area contributed by atoms with Gasteiger partial charge in [-0.15, -0.1) is 11.8 Å². The number of hydrogen-bond donors (Lipinski definition) is 0. The molecule has 4 heteroatoms. The normalized spacial score (nSPS) is 10.4. The number of aromatic nitrogens is 1. The van der Waals surface area contributed by atoms with Crippen molar-refractivity contribution in [1.82, 2.24) is 4.98 Å². The first-order valence-corrected chi connectivity index (χ1v) is 6.89. The predicted octanol–water partition coefficient (Wildman–Crippen LogP) is 4.79. The standard InChI is InChI=1S/C12H9BrClNS/c13-9-4-6-11(7-5-9)16-8-10-2-1-3-12(14)15-10/h1-7H,8H2. The van der Waals surface area contributed by atoms with Crippen LogP contribution in [0.15, 0.2) is 51.8 Å². The number of rotatable bonds is 3. The molecule has 0 atom stereocenters. The fourth-order valence-corrected chi connectivity index (χ4v) is 2.47. The highest BCUT2D eigenvalue weighted by Crippen LogP contribution is 2.24. The Kier molecular flexibility index (Phi) is 4.27. The van der Waals surface area contributed by atoms with Gasteiger partial charge in [0, 0.05) is 15.1 Å². The van der Waals surface area contributed by atoms with E-state index in [1.165, 1.54) is 4.90 Å². The third-order valence-corrected chi connectivity index (χ3v) is 3.76. The van der Waals surface area contributed by atoms with Crippen LogP contribution in [0.5, 0.6) is 0 Å². The monoisotopic (exact) mass is 313 g/mol. The van der Waals surface area contributed by atoms with Crippen molar-refractivity contribution in [2.45, 2.75) is 10.6 Å². The van der Waals surface area contributed by atoms with Crippen molar-refractivity contribution in [3.63, 3.8) is 0 Å². The minimum Gasteiger partial charge on any atom is -0.240 e. The van der Waals surface area contributed by atoms with E-state index in [1.807, 2.05) is 24.3 Å². The molecule has 0 aliphatic rings. The van der Waals surface area contributed by atoms with Crippen LogP contribution in [0.2, 0.25) is 5.15 Å². The molecule has 2 rings (SSSR count). The maximum absolute atomic E-state index is 5.82. The van der Waals surface area contributed by atoms with Crippen LogP contribution in [-0.4, -0.2) is 4.98 Å². The molecule has 16 heavy (non-hydrogen) atoms. The van der Waals surface area contributed by atoms with E-state index >= 15 is 0 Å². The number of halogens is 2. The molecule has 0 fully saturated rings. The van der Waals surface area contributed by atoms with E-state index in [2.05, 4.69) is 33.0 Å². The van der Waals surface area contributed by atoms with Gasteiger partial charge in [-0.25, -0.2) is 4.98 Å². The molecule has 2 aromatic rings. The summed E-state index contributed by atoms with van der Waals surface area (Å²) < 4.78 is 1.10. The largest absolute Gasteiger partial charge is 0.240 e. The maximum atomic E-state index is 5.82. The Hall–Kier alpha value is -0.510. The molecular formula is C12H9BrClNS. The molecule has 0 amide bonds. The molecule has 0 N–H and O–H groups in total. The number of benzene rings is 1. The summed E-state index contributed by atoms with van der Waals surface area (Å²) in [5.41, 5.74) is 1.00. The topological polar surface area (TPSA) is 12.9 Å². The first-order chi connectivity index (χ1) is 7.74. The molecule has 0 bridgehead atoms. The fraction of sp³-hybridized carbons (Fsp3) is 0.0833. The van der Waals surface area contributed by atoms with Crippen molar-refractivity contribution in [3.8, 4) is 0 Å². The minimum absolute atomic E-state index is 0.550. The molecule has 1 aromatic heterocycles. The molecule has 0 radical (unpaired) electrons. The number of thioether (sulfide) groups is 1. The van der Waals surface area contributed by atoms with Crippen LogP contribution in [0.1, 0.15) is 5.69 Å². The van der Waals surface area contributed by atoms with Gasteiger partial charge >= 0.3 is 0 Å². The van der Waals surface area contributed by atoms with Crippen molar-refractivity contribution in [1.29, 1.82) is 0 Å². The lowest BCUT2D eigenvalue weighted by Crippen LogP contribution is -1.86. The second-order valence-electron chi connectivity index (χ2n) is 3.19. The molecule has 0 unspecified atom stereocenters. The van der Waals surface area contributed by atoms with Crippen molar-refractivity contribution < 1.29 is 0 Å². The average molecular weight is 315 g/mol. The third-order valence-electron chi connectivity index (χ3n) is 1.97. The summed E-state index contributed by atoms with van der Waals surface area (Å²) in [6, 6.07) is 13.9. The zero-order chi connectivity index (χ0) is 11.4. The predicted molar refractivity (Wildman–Crippen MR) is 73.0 cm³/mol. The Morgan fingerprint density at radius 2 is 1.88 bits per heavy atom. The Balaban J connectivity index is 1.99. The van der Waals surface area contributed by atoms with Gasteiger partial charge in [0.1, 0.15) is 5.15 Å². The highest BCUT2D eigenvalue weighted by molar-refractivity contribution is 9.10. The first kappa shape index (κ1) is 12.0. The zero-order valence-electron chi connectivity index (χ0n) is 8.36. The lowest BCUT2D eigenvalue weighted by Gasteiger charge is -2.01. The summed E-state index contributed by atoms with van der Waals surface area (Å²) in [6.07, 6.45) is 0. The molecule has 1 aromatic carbocycles. The van der Waals surface area contributed by atoms with Crippen molar-refractivity contribution in [2.75, 3.05) is 0 Å². The van der Waals surface area contributed by atoms with Gasteiger partial charge in [-0.3, -0.25) is 0 Å². The third kappa shape index (κ3) is 3.51. The van der Waals surface area contributed by atoms with Gasteiger partial charge in [0.15, 0.2) is 0 Å². The highest BCUT2D eigenvalue weighted by atomic mass is 79.9. The van der Waals surface area contributed by atoms with Gasteiger partial charge in [0.05, 0.1) is 5.69 Å². The highest BCUT2D eigenvalue weighted by Gasteiger charge is 1.98. The van der Waals surface area contributed by atoms with Gasteiger partial charge in [-0.05, 0) is 36.4 Å². The summed E-state index contributed by atoms with van der Waals surface area (Å²) in [5, 5.41) is 0.550. The quantitative estimate of drug-likeness (QED) is 0.597. The number of hydrogen-bond acceptors (Lipinski definition) is 2. The summed E-state index contributed by atoms with van der Waals surface area (Å²) >= 11 is 11.0. The number of nitrogens with zero attached hydrogens (tertiary/aromatic N) is 1. The fourth-order valence-electron chi connectivity index (χ4n) is 1.22. The van der Waals surface area contributed by atoms with Gasteiger partial charge in [0.25, 0.3) is 0 Å². The smallest absolute Gasteiger partial charge is 0.129 e. The van der Waals surface area contributed by atoms with Crippen molar-refractivity contribution in [2.24, 2.45) is 0 Å². The molecule has 1 heterocycles.